The molecule has 0 aliphatic carbocycles. The minimum atomic E-state index is -4.69. The van der Waals surface area contributed by atoms with Gasteiger partial charge in [0.15, 0.2) is 0 Å². The number of amides is 1. The number of rotatable bonds is 0. The molecule has 0 N–H and O–H groups in total. The molecule has 10 heavy (non-hydrogen) atoms. The summed E-state index contributed by atoms with van der Waals surface area (Å²) in [4.78, 5) is 11.0. The highest BCUT2D eigenvalue weighted by atomic mass is 19.4. The summed E-state index contributed by atoms with van der Waals surface area (Å²) < 4.78 is 34.6. The summed E-state index contributed by atoms with van der Waals surface area (Å²) in [7, 11) is 0. The van der Waals surface area contributed by atoms with Crippen LogP contribution in [0.2, 0.25) is 0 Å². The first-order valence-corrected chi connectivity index (χ1v) is 2.80. The van der Waals surface area contributed by atoms with E-state index in [9.17, 15) is 18.0 Å². The lowest BCUT2D eigenvalue weighted by molar-refractivity contribution is -0.179. The van der Waals surface area contributed by atoms with Crippen molar-refractivity contribution in [1.29, 1.82) is 0 Å². The smallest absolute Gasteiger partial charge is 0.328 e. The third-order valence-electron chi connectivity index (χ3n) is 1.36. The summed E-state index contributed by atoms with van der Waals surface area (Å²) in [5.41, 5.74) is 0. The van der Waals surface area contributed by atoms with E-state index in [4.69, 9.17) is 0 Å². The molecule has 1 rings (SSSR count). The Kier molecular flexibility index (Phi) is 1.38. The van der Waals surface area contributed by atoms with Gasteiger partial charge in [-0.15, -0.1) is 0 Å². The van der Waals surface area contributed by atoms with Crippen molar-refractivity contribution >= 4 is 5.91 Å². The second-order valence-corrected chi connectivity index (χ2v) is 2.30. The normalized spacial score (nSPS) is 24.8. The fourth-order valence-corrected chi connectivity index (χ4v) is 0.683. The zero-order valence-corrected chi connectivity index (χ0v) is 5.27. The fraction of sp³-hybridized carbons (Fsp3) is 0.800. The van der Waals surface area contributed by atoms with Crippen LogP contribution in [0.15, 0.2) is 0 Å². The Bertz CT molecular complexity index is 165. The SMILES string of the molecule is C[C@H]1CN1C(=O)C(F)(F)F. The molecule has 1 aliphatic heterocycles. The lowest BCUT2D eigenvalue weighted by Crippen LogP contribution is -2.30. The Labute approximate surface area is 55.6 Å². The third kappa shape index (κ3) is 1.22. The van der Waals surface area contributed by atoms with Crippen LogP contribution < -0.4 is 0 Å². The fourth-order valence-electron chi connectivity index (χ4n) is 0.683. The Morgan fingerprint density at radius 1 is 1.60 bits per heavy atom. The van der Waals surface area contributed by atoms with Gasteiger partial charge >= 0.3 is 12.1 Å². The van der Waals surface area contributed by atoms with E-state index in [2.05, 4.69) is 0 Å². The van der Waals surface area contributed by atoms with Crippen LogP contribution in [0.5, 0.6) is 0 Å². The van der Waals surface area contributed by atoms with E-state index < -0.39 is 12.1 Å². The highest BCUT2D eigenvalue weighted by molar-refractivity contribution is 5.84. The molecule has 0 bridgehead atoms. The van der Waals surface area contributed by atoms with E-state index in [-0.39, 0.29) is 12.6 Å². The maximum atomic E-state index is 11.5. The summed E-state index contributed by atoms with van der Waals surface area (Å²) in [6, 6.07) is -0.228. The molecule has 1 atom stereocenters. The number of carbonyl (C=O) groups excluding carboxylic acids is 1. The van der Waals surface area contributed by atoms with Crippen LogP contribution in [-0.4, -0.2) is 29.6 Å². The van der Waals surface area contributed by atoms with Crippen molar-refractivity contribution in [3.8, 4) is 0 Å². The Morgan fingerprint density at radius 2 is 2.00 bits per heavy atom. The van der Waals surface area contributed by atoms with Crippen LogP contribution in [0.4, 0.5) is 13.2 Å². The molecule has 1 amide bonds. The standard InChI is InChI=1S/C5H6F3NO/c1-3-2-9(3)4(10)5(6,7)8/h3H,2H2,1H3/t3-,9?/m0/s1. The lowest BCUT2D eigenvalue weighted by Gasteiger charge is -2.04. The highest BCUT2D eigenvalue weighted by Gasteiger charge is 2.49. The van der Waals surface area contributed by atoms with Crippen LogP contribution in [0, 0.1) is 0 Å². The van der Waals surface area contributed by atoms with Crippen molar-refractivity contribution in [3.63, 3.8) is 0 Å². The van der Waals surface area contributed by atoms with E-state index in [1.807, 2.05) is 0 Å². The van der Waals surface area contributed by atoms with Crippen LogP contribution in [0.3, 0.4) is 0 Å². The van der Waals surface area contributed by atoms with Gasteiger partial charge in [0.05, 0.1) is 0 Å². The van der Waals surface area contributed by atoms with Gasteiger partial charge in [0, 0.05) is 12.6 Å². The second-order valence-electron chi connectivity index (χ2n) is 2.30. The molecule has 58 valence electrons. The van der Waals surface area contributed by atoms with Gasteiger partial charge in [0.1, 0.15) is 0 Å². The van der Waals surface area contributed by atoms with Crippen molar-refractivity contribution in [3.05, 3.63) is 0 Å². The molecule has 5 heteroatoms. The molecular formula is C5H6F3NO. The molecule has 1 heterocycles. The maximum Gasteiger partial charge on any atom is 0.471 e. The molecule has 1 aliphatic rings. The first-order valence-electron chi connectivity index (χ1n) is 2.80. The Hall–Kier alpha value is -0.740. The molecule has 0 saturated carbocycles. The third-order valence-corrected chi connectivity index (χ3v) is 1.36. The van der Waals surface area contributed by atoms with E-state index in [1.165, 1.54) is 0 Å². The number of halogens is 3. The number of hydrogen-bond donors (Lipinski definition) is 0. The first-order chi connectivity index (χ1) is 4.43. The molecule has 0 radical (unpaired) electrons. The summed E-state index contributed by atoms with van der Waals surface area (Å²) >= 11 is 0. The number of nitrogens with zero attached hydrogens (tertiary/aromatic N) is 1. The lowest BCUT2D eigenvalue weighted by atomic mass is 10.5. The van der Waals surface area contributed by atoms with Crippen molar-refractivity contribution in [2.24, 2.45) is 0 Å². The van der Waals surface area contributed by atoms with Gasteiger partial charge in [-0.25, -0.2) is 0 Å². The number of alkyl halides is 3. The molecule has 0 spiro atoms. The van der Waals surface area contributed by atoms with Crippen LogP contribution >= 0.6 is 0 Å². The summed E-state index contributed by atoms with van der Waals surface area (Å²) in [5, 5.41) is 0. The molecule has 2 nitrogen and oxygen atoms in total. The molecule has 0 unspecified atom stereocenters. The maximum absolute atomic E-state index is 11.5. The zero-order chi connectivity index (χ0) is 7.94. The van der Waals surface area contributed by atoms with E-state index in [0.29, 0.717) is 0 Å². The van der Waals surface area contributed by atoms with Gasteiger partial charge in [0.25, 0.3) is 0 Å². The predicted molar refractivity (Wildman–Crippen MR) is 27.2 cm³/mol. The van der Waals surface area contributed by atoms with Gasteiger partial charge in [-0.2, -0.15) is 13.2 Å². The highest BCUT2D eigenvalue weighted by Crippen LogP contribution is 2.26. The largest absolute Gasteiger partial charge is 0.471 e. The number of carbonyl (C=O) groups is 1. The van der Waals surface area contributed by atoms with E-state index >= 15 is 0 Å². The minimum Gasteiger partial charge on any atom is -0.328 e. The van der Waals surface area contributed by atoms with Crippen LogP contribution in [0.25, 0.3) is 0 Å². The minimum absolute atomic E-state index is 0.228. The summed E-state index contributed by atoms with van der Waals surface area (Å²) in [5.74, 6) is -1.72. The van der Waals surface area contributed by atoms with E-state index in [0.717, 1.165) is 4.90 Å². The van der Waals surface area contributed by atoms with Gasteiger partial charge in [-0.3, -0.25) is 4.79 Å². The van der Waals surface area contributed by atoms with Crippen LogP contribution in [-0.2, 0) is 4.79 Å². The summed E-state index contributed by atoms with van der Waals surface area (Å²) in [6.45, 7) is 1.81. The molecular weight excluding hydrogens is 147 g/mol. The topological polar surface area (TPSA) is 20.1 Å². The van der Waals surface area contributed by atoms with Crippen molar-refractivity contribution in [1.82, 2.24) is 4.90 Å². The van der Waals surface area contributed by atoms with E-state index in [1.54, 1.807) is 6.92 Å². The quantitative estimate of drug-likeness (QED) is 0.471. The van der Waals surface area contributed by atoms with Gasteiger partial charge in [-0.1, -0.05) is 0 Å². The first kappa shape index (κ1) is 7.37. The Balaban J connectivity index is 2.51. The molecule has 0 aromatic heterocycles. The van der Waals surface area contributed by atoms with Crippen molar-refractivity contribution < 1.29 is 18.0 Å². The molecule has 1 saturated heterocycles. The zero-order valence-electron chi connectivity index (χ0n) is 5.27. The Morgan fingerprint density at radius 3 is 2.10 bits per heavy atom. The van der Waals surface area contributed by atoms with Gasteiger partial charge in [0.2, 0.25) is 0 Å². The van der Waals surface area contributed by atoms with Crippen LogP contribution in [0.1, 0.15) is 6.92 Å². The molecule has 0 aromatic rings. The molecule has 0 aromatic carbocycles. The summed E-state index contributed by atoms with van der Waals surface area (Å²) in [6.07, 6.45) is -4.69. The predicted octanol–water partition coefficient (Wildman–Crippen LogP) is 0.779. The van der Waals surface area contributed by atoms with Gasteiger partial charge in [-0.05, 0) is 6.92 Å². The number of hydrogen-bond acceptors (Lipinski definition) is 1. The monoisotopic (exact) mass is 153 g/mol. The van der Waals surface area contributed by atoms with Crippen molar-refractivity contribution in [2.75, 3.05) is 6.54 Å². The average molecular weight is 153 g/mol. The molecule has 1 fully saturated rings. The second kappa shape index (κ2) is 1.87. The average Bonchev–Trinajstić information content (AvgIpc) is 2.42. The van der Waals surface area contributed by atoms with Gasteiger partial charge < -0.3 is 4.90 Å². The van der Waals surface area contributed by atoms with Crippen molar-refractivity contribution in [2.45, 2.75) is 19.1 Å².